The number of amidine groups is 1. The standard InChI is InChI=1S/C10H15N3OS.C3H7NO2/c11-10-9(14)8(1-2-12-10)7-13-3-5-15-6-4-13;1-4(2)3(5)6/h1-2,7,9,14H,3-6H2,(H2,11,12);1-2H3,(H,5,6). The maximum atomic E-state index is 9.76. The first-order chi connectivity index (χ1) is 9.91. The Bertz CT molecular complexity index is 443. The van der Waals surface area contributed by atoms with Crippen LogP contribution in [-0.2, 0) is 0 Å². The Morgan fingerprint density at radius 3 is 2.62 bits per heavy atom. The van der Waals surface area contributed by atoms with Crippen molar-refractivity contribution in [2.45, 2.75) is 6.10 Å². The van der Waals surface area contributed by atoms with Crippen molar-refractivity contribution in [1.29, 1.82) is 0 Å². The van der Waals surface area contributed by atoms with Crippen molar-refractivity contribution < 1.29 is 15.0 Å². The predicted molar refractivity (Wildman–Crippen MR) is 85.5 cm³/mol. The lowest BCUT2D eigenvalue weighted by Crippen LogP contribution is -2.34. The van der Waals surface area contributed by atoms with Crippen LogP contribution in [-0.4, -0.2) is 76.7 Å². The van der Waals surface area contributed by atoms with Gasteiger partial charge in [-0.25, -0.2) is 9.79 Å². The summed E-state index contributed by atoms with van der Waals surface area (Å²) in [6.07, 6.45) is 3.78. The number of thioether (sulfide) groups is 1. The van der Waals surface area contributed by atoms with Crippen molar-refractivity contribution in [3.8, 4) is 0 Å². The van der Waals surface area contributed by atoms with Crippen molar-refractivity contribution in [3.05, 3.63) is 24.0 Å². The molecule has 2 aliphatic rings. The molecule has 1 atom stereocenters. The molecular formula is C13H22N4O3S. The SMILES string of the molecule is CN(C)C(=O)O.NC1=NC=CC(=CN2CCSCC2)C1O. The monoisotopic (exact) mass is 314 g/mol. The van der Waals surface area contributed by atoms with E-state index in [1.165, 1.54) is 14.1 Å². The molecule has 21 heavy (non-hydrogen) atoms. The quantitative estimate of drug-likeness (QED) is 0.647. The van der Waals surface area contributed by atoms with E-state index in [2.05, 4.69) is 9.89 Å². The Kier molecular flexibility index (Phi) is 7.10. The van der Waals surface area contributed by atoms with E-state index < -0.39 is 12.2 Å². The van der Waals surface area contributed by atoms with E-state index in [1.807, 2.05) is 24.0 Å². The molecule has 1 amide bonds. The van der Waals surface area contributed by atoms with E-state index >= 15 is 0 Å². The molecule has 1 fully saturated rings. The second kappa shape index (κ2) is 8.58. The van der Waals surface area contributed by atoms with Crippen LogP contribution in [0.2, 0.25) is 0 Å². The highest BCUT2D eigenvalue weighted by Gasteiger charge is 2.17. The van der Waals surface area contributed by atoms with Gasteiger partial charge in [-0.3, -0.25) is 0 Å². The molecule has 0 saturated carbocycles. The van der Waals surface area contributed by atoms with Gasteiger partial charge in [-0.2, -0.15) is 11.8 Å². The third-order valence-corrected chi connectivity index (χ3v) is 3.79. The number of nitrogens with two attached hydrogens (primary N) is 1. The van der Waals surface area contributed by atoms with Crippen LogP contribution >= 0.6 is 11.8 Å². The van der Waals surface area contributed by atoms with Gasteiger partial charge in [0.25, 0.3) is 0 Å². The van der Waals surface area contributed by atoms with E-state index in [1.54, 1.807) is 6.20 Å². The lowest BCUT2D eigenvalue weighted by molar-refractivity contribution is 0.165. The van der Waals surface area contributed by atoms with Crippen molar-refractivity contribution in [3.63, 3.8) is 0 Å². The zero-order valence-corrected chi connectivity index (χ0v) is 13.1. The summed E-state index contributed by atoms with van der Waals surface area (Å²) in [5.74, 6) is 2.57. The number of hydrogen-bond donors (Lipinski definition) is 3. The summed E-state index contributed by atoms with van der Waals surface area (Å²) in [6.45, 7) is 2.07. The molecule has 2 heterocycles. The first-order valence-electron chi connectivity index (χ1n) is 6.53. The van der Waals surface area contributed by atoms with Crippen LogP contribution in [0.4, 0.5) is 4.79 Å². The third kappa shape index (κ3) is 6.09. The summed E-state index contributed by atoms with van der Waals surface area (Å²) in [7, 11) is 2.95. The van der Waals surface area contributed by atoms with Gasteiger partial charge in [0.05, 0.1) is 0 Å². The second-order valence-corrected chi connectivity index (χ2v) is 5.95. The summed E-state index contributed by atoms with van der Waals surface area (Å²) >= 11 is 1.96. The number of aliphatic hydroxyl groups excluding tert-OH is 1. The zero-order chi connectivity index (χ0) is 15.8. The topological polar surface area (TPSA) is 102 Å². The number of hydrogen-bond acceptors (Lipinski definition) is 6. The van der Waals surface area contributed by atoms with Crippen molar-refractivity contribution in [2.24, 2.45) is 10.7 Å². The van der Waals surface area contributed by atoms with Gasteiger partial charge in [0.15, 0.2) is 0 Å². The number of nitrogens with zero attached hydrogens (tertiary/aromatic N) is 3. The summed E-state index contributed by atoms with van der Waals surface area (Å²) < 4.78 is 0. The van der Waals surface area contributed by atoms with Crippen molar-refractivity contribution in [1.82, 2.24) is 9.80 Å². The van der Waals surface area contributed by atoms with Crippen LogP contribution in [0.5, 0.6) is 0 Å². The highest BCUT2D eigenvalue weighted by molar-refractivity contribution is 7.99. The zero-order valence-electron chi connectivity index (χ0n) is 12.3. The highest BCUT2D eigenvalue weighted by atomic mass is 32.2. The summed E-state index contributed by atoms with van der Waals surface area (Å²) in [4.78, 5) is 16.8. The minimum absolute atomic E-state index is 0.273. The van der Waals surface area contributed by atoms with Crippen LogP contribution in [0.15, 0.2) is 29.0 Å². The van der Waals surface area contributed by atoms with Gasteiger partial charge in [0, 0.05) is 56.7 Å². The number of aliphatic imine (C=N–C) groups is 1. The molecule has 0 aromatic heterocycles. The highest BCUT2D eigenvalue weighted by Crippen LogP contribution is 2.15. The first kappa shape index (κ1) is 17.4. The molecule has 0 aliphatic carbocycles. The molecule has 0 aromatic carbocycles. The molecule has 0 bridgehead atoms. The Balaban J connectivity index is 0.000000315. The first-order valence-corrected chi connectivity index (χ1v) is 7.69. The van der Waals surface area contributed by atoms with E-state index in [-0.39, 0.29) is 5.84 Å². The minimum Gasteiger partial charge on any atom is -0.465 e. The predicted octanol–water partition coefficient (Wildman–Crippen LogP) is 0.391. The Morgan fingerprint density at radius 2 is 2.10 bits per heavy atom. The average Bonchev–Trinajstić information content (AvgIpc) is 2.45. The molecule has 2 aliphatic heterocycles. The number of amides is 1. The van der Waals surface area contributed by atoms with E-state index in [9.17, 15) is 9.90 Å². The van der Waals surface area contributed by atoms with Crippen LogP contribution in [0.1, 0.15) is 0 Å². The molecule has 0 radical (unpaired) electrons. The molecule has 1 unspecified atom stereocenters. The average molecular weight is 314 g/mol. The molecule has 8 heteroatoms. The van der Waals surface area contributed by atoms with Gasteiger partial charge in [-0.05, 0) is 6.08 Å². The van der Waals surface area contributed by atoms with E-state index in [4.69, 9.17) is 10.8 Å². The van der Waals surface area contributed by atoms with Gasteiger partial charge in [-0.15, -0.1) is 0 Å². The molecular weight excluding hydrogens is 292 g/mol. The van der Waals surface area contributed by atoms with Gasteiger partial charge in [0.1, 0.15) is 11.9 Å². The molecule has 118 valence electrons. The van der Waals surface area contributed by atoms with Crippen LogP contribution in [0.3, 0.4) is 0 Å². The van der Waals surface area contributed by atoms with Gasteiger partial charge in [0.2, 0.25) is 0 Å². The summed E-state index contributed by atoms with van der Waals surface area (Å²) in [5.41, 5.74) is 6.39. The molecule has 1 saturated heterocycles. The fraction of sp³-hybridized carbons (Fsp3) is 0.538. The lowest BCUT2D eigenvalue weighted by Gasteiger charge is -2.26. The number of rotatable bonds is 1. The van der Waals surface area contributed by atoms with Gasteiger partial charge < -0.3 is 25.7 Å². The summed E-state index contributed by atoms with van der Waals surface area (Å²) in [6, 6.07) is 0. The molecule has 0 spiro atoms. The Morgan fingerprint density at radius 1 is 1.52 bits per heavy atom. The minimum atomic E-state index is -0.907. The Hall–Kier alpha value is -1.67. The van der Waals surface area contributed by atoms with Gasteiger partial charge in [-0.1, -0.05) is 0 Å². The van der Waals surface area contributed by atoms with Crippen molar-refractivity contribution in [2.75, 3.05) is 38.7 Å². The fourth-order valence-electron chi connectivity index (χ4n) is 1.57. The smallest absolute Gasteiger partial charge is 0.406 e. The van der Waals surface area contributed by atoms with Crippen molar-refractivity contribution >= 4 is 23.7 Å². The maximum absolute atomic E-state index is 9.76. The molecule has 2 rings (SSSR count). The Labute approximate surface area is 128 Å². The molecule has 7 nitrogen and oxygen atoms in total. The maximum Gasteiger partial charge on any atom is 0.406 e. The second-order valence-electron chi connectivity index (χ2n) is 4.73. The number of aliphatic hydroxyl groups is 1. The normalized spacial score (nSPS) is 23.2. The van der Waals surface area contributed by atoms with Gasteiger partial charge >= 0.3 is 6.09 Å². The number of carbonyl (C=O) groups is 1. The molecule has 4 N–H and O–H groups in total. The lowest BCUT2D eigenvalue weighted by atomic mass is 10.1. The largest absolute Gasteiger partial charge is 0.465 e. The fourth-order valence-corrected chi connectivity index (χ4v) is 2.50. The van der Waals surface area contributed by atoms with Crippen LogP contribution < -0.4 is 5.73 Å². The number of carboxylic acid groups (broad SMARTS) is 1. The van der Waals surface area contributed by atoms with E-state index in [0.717, 1.165) is 35.1 Å². The summed E-state index contributed by atoms with van der Waals surface area (Å²) in [5, 5.41) is 17.7. The third-order valence-electron chi connectivity index (χ3n) is 2.85. The van der Waals surface area contributed by atoms with Crippen LogP contribution in [0, 0.1) is 0 Å². The molecule has 0 aromatic rings. The van der Waals surface area contributed by atoms with Crippen LogP contribution in [0.25, 0.3) is 0 Å². The van der Waals surface area contributed by atoms with E-state index in [0.29, 0.717) is 0 Å².